The second-order valence-electron chi connectivity index (χ2n) is 4.51. The van der Waals surface area contributed by atoms with Gasteiger partial charge in [-0.1, -0.05) is 31.5 Å². The van der Waals surface area contributed by atoms with Crippen LogP contribution in [0.4, 0.5) is 13.2 Å². The van der Waals surface area contributed by atoms with Gasteiger partial charge in [0.05, 0.1) is 12.2 Å². The third-order valence-electron chi connectivity index (χ3n) is 2.96. The molecule has 0 fully saturated rings. The summed E-state index contributed by atoms with van der Waals surface area (Å²) >= 11 is 0. The highest BCUT2D eigenvalue weighted by atomic mass is 19.4. The van der Waals surface area contributed by atoms with Crippen LogP contribution in [0.25, 0.3) is 0 Å². The summed E-state index contributed by atoms with van der Waals surface area (Å²) in [7, 11) is 0. The lowest BCUT2D eigenvalue weighted by molar-refractivity contribution is -0.138. The van der Waals surface area contributed by atoms with Crippen LogP contribution in [0.15, 0.2) is 24.3 Å². The Kier molecular flexibility index (Phi) is 6.31. The summed E-state index contributed by atoms with van der Waals surface area (Å²) in [6.45, 7) is 3.30. The van der Waals surface area contributed by atoms with Gasteiger partial charge in [-0.3, -0.25) is 4.90 Å². The monoisotopic (exact) mass is 275 g/mol. The standard InChI is InChI=1S/C14H20F3NO/c1-2-3-8-18(9-10-19)11-12-6-4-5-7-13(12)14(15,16)17/h4-7,19H,2-3,8-11H2,1H3. The van der Waals surface area contributed by atoms with E-state index in [0.717, 1.165) is 18.9 Å². The number of hydrogen-bond acceptors (Lipinski definition) is 2. The largest absolute Gasteiger partial charge is 0.416 e. The first-order valence-corrected chi connectivity index (χ1v) is 6.47. The van der Waals surface area contributed by atoms with Gasteiger partial charge in [0.25, 0.3) is 0 Å². The minimum atomic E-state index is -4.33. The summed E-state index contributed by atoms with van der Waals surface area (Å²) in [4.78, 5) is 1.86. The first-order chi connectivity index (χ1) is 8.99. The zero-order valence-electron chi connectivity index (χ0n) is 11.1. The molecule has 2 nitrogen and oxygen atoms in total. The Morgan fingerprint density at radius 1 is 1.16 bits per heavy atom. The predicted molar refractivity (Wildman–Crippen MR) is 68.7 cm³/mol. The van der Waals surface area contributed by atoms with Crippen molar-refractivity contribution in [2.75, 3.05) is 19.7 Å². The van der Waals surface area contributed by atoms with Crippen LogP contribution in [-0.2, 0) is 12.7 Å². The van der Waals surface area contributed by atoms with Gasteiger partial charge in [-0.25, -0.2) is 0 Å². The molecule has 0 saturated carbocycles. The number of aliphatic hydroxyl groups is 1. The number of halogens is 3. The van der Waals surface area contributed by atoms with Gasteiger partial charge in [0.15, 0.2) is 0 Å². The Bertz CT molecular complexity index is 379. The van der Waals surface area contributed by atoms with Crippen molar-refractivity contribution in [1.82, 2.24) is 4.90 Å². The van der Waals surface area contributed by atoms with Gasteiger partial charge < -0.3 is 5.11 Å². The Hall–Kier alpha value is -1.07. The number of hydrogen-bond donors (Lipinski definition) is 1. The molecule has 0 saturated heterocycles. The fourth-order valence-corrected chi connectivity index (χ4v) is 1.97. The highest BCUT2D eigenvalue weighted by Gasteiger charge is 2.33. The lowest BCUT2D eigenvalue weighted by Crippen LogP contribution is -2.28. The van der Waals surface area contributed by atoms with Crippen LogP contribution in [0.3, 0.4) is 0 Å². The molecular formula is C14H20F3NO. The summed E-state index contributed by atoms with van der Waals surface area (Å²) in [5, 5.41) is 8.98. The van der Waals surface area contributed by atoms with Crippen molar-refractivity contribution in [3.05, 3.63) is 35.4 Å². The van der Waals surface area contributed by atoms with Crippen molar-refractivity contribution in [3.63, 3.8) is 0 Å². The fourth-order valence-electron chi connectivity index (χ4n) is 1.97. The molecule has 0 atom stereocenters. The molecule has 0 aromatic heterocycles. The van der Waals surface area contributed by atoms with E-state index in [4.69, 9.17) is 5.11 Å². The average Bonchev–Trinajstić information content (AvgIpc) is 2.35. The molecule has 1 N–H and O–H groups in total. The Labute approximate surface area is 111 Å². The quantitative estimate of drug-likeness (QED) is 0.825. The number of alkyl halides is 3. The maximum Gasteiger partial charge on any atom is 0.416 e. The summed E-state index contributed by atoms with van der Waals surface area (Å²) < 4.78 is 38.6. The van der Waals surface area contributed by atoms with E-state index in [9.17, 15) is 13.2 Å². The van der Waals surface area contributed by atoms with Gasteiger partial charge >= 0.3 is 6.18 Å². The number of nitrogens with zero attached hydrogens (tertiary/aromatic N) is 1. The van der Waals surface area contributed by atoms with Crippen molar-refractivity contribution in [2.45, 2.75) is 32.5 Å². The summed E-state index contributed by atoms with van der Waals surface area (Å²) in [5.74, 6) is 0. The highest BCUT2D eigenvalue weighted by molar-refractivity contribution is 5.29. The molecular weight excluding hydrogens is 255 g/mol. The first-order valence-electron chi connectivity index (χ1n) is 6.47. The lowest BCUT2D eigenvalue weighted by atomic mass is 10.1. The molecule has 0 aliphatic heterocycles. The molecule has 0 bridgehead atoms. The summed E-state index contributed by atoms with van der Waals surface area (Å²) in [6, 6.07) is 5.61. The van der Waals surface area contributed by atoms with Gasteiger partial charge in [-0.05, 0) is 24.6 Å². The zero-order valence-corrected chi connectivity index (χ0v) is 11.1. The fraction of sp³-hybridized carbons (Fsp3) is 0.571. The van der Waals surface area contributed by atoms with E-state index >= 15 is 0 Å². The maximum absolute atomic E-state index is 12.9. The molecule has 0 heterocycles. The molecule has 0 unspecified atom stereocenters. The summed E-state index contributed by atoms with van der Waals surface area (Å²) in [6.07, 6.45) is -2.44. The van der Waals surface area contributed by atoms with Gasteiger partial charge in [0.2, 0.25) is 0 Å². The molecule has 0 spiro atoms. The van der Waals surface area contributed by atoms with Crippen molar-refractivity contribution in [1.29, 1.82) is 0 Å². The van der Waals surface area contributed by atoms with Gasteiger partial charge in [0, 0.05) is 13.1 Å². The van der Waals surface area contributed by atoms with E-state index in [0.29, 0.717) is 13.1 Å². The Morgan fingerprint density at radius 3 is 2.42 bits per heavy atom. The average molecular weight is 275 g/mol. The molecule has 0 amide bonds. The molecule has 1 aromatic carbocycles. The predicted octanol–water partition coefficient (Wildman–Crippen LogP) is 3.30. The normalized spacial score (nSPS) is 12.1. The Morgan fingerprint density at radius 2 is 1.84 bits per heavy atom. The zero-order chi connectivity index (χ0) is 14.3. The molecule has 1 rings (SSSR count). The minimum absolute atomic E-state index is 0.0438. The maximum atomic E-state index is 12.9. The molecule has 1 aromatic rings. The molecule has 0 aliphatic rings. The lowest BCUT2D eigenvalue weighted by Gasteiger charge is -2.23. The second-order valence-corrected chi connectivity index (χ2v) is 4.51. The Balaban J connectivity index is 2.83. The molecule has 5 heteroatoms. The van der Waals surface area contributed by atoms with Crippen molar-refractivity contribution < 1.29 is 18.3 Å². The van der Waals surface area contributed by atoms with Crippen molar-refractivity contribution >= 4 is 0 Å². The molecule has 108 valence electrons. The SMILES string of the molecule is CCCCN(CCO)Cc1ccccc1C(F)(F)F. The van der Waals surface area contributed by atoms with E-state index in [1.807, 2.05) is 11.8 Å². The van der Waals surface area contributed by atoms with Crippen LogP contribution in [0.2, 0.25) is 0 Å². The van der Waals surface area contributed by atoms with E-state index < -0.39 is 11.7 Å². The van der Waals surface area contributed by atoms with Crippen LogP contribution in [0, 0.1) is 0 Å². The second kappa shape index (κ2) is 7.50. The van der Waals surface area contributed by atoms with Gasteiger partial charge in [0.1, 0.15) is 0 Å². The van der Waals surface area contributed by atoms with Gasteiger partial charge in [-0.2, -0.15) is 13.2 Å². The highest BCUT2D eigenvalue weighted by Crippen LogP contribution is 2.32. The van der Waals surface area contributed by atoms with Crippen molar-refractivity contribution in [3.8, 4) is 0 Å². The first kappa shape index (κ1) is 16.0. The molecule has 0 aliphatic carbocycles. The van der Waals surface area contributed by atoms with E-state index in [-0.39, 0.29) is 18.7 Å². The van der Waals surface area contributed by atoms with Crippen molar-refractivity contribution in [2.24, 2.45) is 0 Å². The number of benzene rings is 1. The molecule has 0 radical (unpaired) electrons. The third-order valence-corrected chi connectivity index (χ3v) is 2.96. The minimum Gasteiger partial charge on any atom is -0.395 e. The number of aliphatic hydroxyl groups excluding tert-OH is 1. The van der Waals surface area contributed by atoms with Crippen LogP contribution in [0.1, 0.15) is 30.9 Å². The number of unbranched alkanes of at least 4 members (excludes halogenated alkanes) is 1. The topological polar surface area (TPSA) is 23.5 Å². The van der Waals surface area contributed by atoms with Crippen LogP contribution in [-0.4, -0.2) is 29.7 Å². The van der Waals surface area contributed by atoms with Gasteiger partial charge in [-0.15, -0.1) is 0 Å². The van der Waals surface area contributed by atoms with Crippen LogP contribution in [0.5, 0.6) is 0 Å². The summed E-state index contributed by atoms with van der Waals surface area (Å²) in [5.41, 5.74) is -0.325. The smallest absolute Gasteiger partial charge is 0.395 e. The van der Waals surface area contributed by atoms with E-state index in [1.165, 1.54) is 12.1 Å². The number of rotatable bonds is 7. The van der Waals surface area contributed by atoms with E-state index in [2.05, 4.69) is 0 Å². The third kappa shape index (κ3) is 5.20. The van der Waals surface area contributed by atoms with Crippen LogP contribution >= 0.6 is 0 Å². The van der Waals surface area contributed by atoms with Crippen LogP contribution < -0.4 is 0 Å². The molecule has 19 heavy (non-hydrogen) atoms. The van der Waals surface area contributed by atoms with E-state index in [1.54, 1.807) is 6.07 Å².